The average Bonchev–Trinajstić information content (AvgIpc) is 1.85. The summed E-state index contributed by atoms with van der Waals surface area (Å²) in [5.74, 6) is -0.208. The summed E-state index contributed by atoms with van der Waals surface area (Å²) < 4.78 is 13.0. The Kier molecular flexibility index (Phi) is 2.25. The van der Waals surface area contributed by atoms with Crippen LogP contribution in [-0.2, 0) is 0 Å². The first-order chi connectivity index (χ1) is 5.13. The lowest BCUT2D eigenvalue weighted by atomic mass is 10.0. The molecule has 1 aromatic rings. The Morgan fingerprint density at radius 2 is 2.09 bits per heavy atom. The van der Waals surface area contributed by atoms with E-state index in [0.29, 0.717) is 5.56 Å². The van der Waals surface area contributed by atoms with E-state index in [1.54, 1.807) is 13.0 Å². The Hall–Kier alpha value is -0.890. The molecular formula is C9H12FN. The highest BCUT2D eigenvalue weighted by molar-refractivity contribution is 5.29. The van der Waals surface area contributed by atoms with Gasteiger partial charge in [0.1, 0.15) is 5.82 Å². The molecule has 0 heterocycles. The van der Waals surface area contributed by atoms with Crippen LogP contribution in [0.3, 0.4) is 0 Å². The van der Waals surface area contributed by atoms with Gasteiger partial charge in [0.25, 0.3) is 0 Å². The van der Waals surface area contributed by atoms with Gasteiger partial charge in [-0.15, -0.1) is 0 Å². The molecule has 0 amide bonds. The van der Waals surface area contributed by atoms with E-state index in [1.165, 1.54) is 6.07 Å². The number of nitrogens with two attached hydrogens (primary N) is 1. The Labute approximate surface area is 66.0 Å². The molecule has 1 rings (SSSR count). The van der Waals surface area contributed by atoms with Gasteiger partial charge >= 0.3 is 0 Å². The van der Waals surface area contributed by atoms with Gasteiger partial charge < -0.3 is 5.73 Å². The molecule has 0 radical (unpaired) electrons. The molecule has 0 unspecified atom stereocenters. The van der Waals surface area contributed by atoms with Gasteiger partial charge in [0.15, 0.2) is 0 Å². The molecule has 60 valence electrons. The number of halogens is 1. The smallest absolute Gasteiger partial charge is 0.128 e. The first-order valence-corrected chi connectivity index (χ1v) is 3.63. The summed E-state index contributed by atoms with van der Waals surface area (Å²) in [4.78, 5) is 0. The highest BCUT2D eigenvalue weighted by atomic mass is 19.1. The third kappa shape index (κ3) is 1.57. The van der Waals surface area contributed by atoms with Crippen LogP contribution in [0.4, 0.5) is 4.39 Å². The van der Waals surface area contributed by atoms with Gasteiger partial charge in [-0.05, 0) is 25.5 Å². The van der Waals surface area contributed by atoms with E-state index in [2.05, 4.69) is 0 Å². The SMILES string of the molecule is Cc1cccc(F)c1[C@@H](C)N. The van der Waals surface area contributed by atoms with Gasteiger partial charge in [0, 0.05) is 11.6 Å². The fourth-order valence-corrected chi connectivity index (χ4v) is 1.22. The zero-order valence-electron chi connectivity index (χ0n) is 6.76. The van der Waals surface area contributed by atoms with Crippen molar-refractivity contribution in [3.05, 3.63) is 35.1 Å². The molecule has 1 nitrogen and oxygen atoms in total. The molecule has 11 heavy (non-hydrogen) atoms. The van der Waals surface area contributed by atoms with Crippen molar-refractivity contribution in [2.75, 3.05) is 0 Å². The van der Waals surface area contributed by atoms with Gasteiger partial charge in [-0.3, -0.25) is 0 Å². The summed E-state index contributed by atoms with van der Waals surface area (Å²) >= 11 is 0. The topological polar surface area (TPSA) is 26.0 Å². The van der Waals surface area contributed by atoms with E-state index in [4.69, 9.17) is 5.73 Å². The zero-order valence-corrected chi connectivity index (χ0v) is 6.76. The highest BCUT2D eigenvalue weighted by Crippen LogP contribution is 2.18. The summed E-state index contributed by atoms with van der Waals surface area (Å²) in [6, 6.07) is 4.76. The maximum Gasteiger partial charge on any atom is 0.128 e. The van der Waals surface area contributed by atoms with Gasteiger partial charge in [-0.2, -0.15) is 0 Å². The number of hydrogen-bond donors (Lipinski definition) is 1. The Morgan fingerprint density at radius 3 is 2.45 bits per heavy atom. The van der Waals surface area contributed by atoms with E-state index in [1.807, 2.05) is 13.0 Å². The van der Waals surface area contributed by atoms with Gasteiger partial charge in [-0.25, -0.2) is 4.39 Å². The third-order valence-corrected chi connectivity index (χ3v) is 1.73. The van der Waals surface area contributed by atoms with Crippen LogP contribution >= 0.6 is 0 Å². The molecule has 2 heteroatoms. The van der Waals surface area contributed by atoms with Crippen LogP contribution in [0.1, 0.15) is 24.1 Å². The van der Waals surface area contributed by atoms with E-state index in [9.17, 15) is 4.39 Å². The summed E-state index contributed by atoms with van der Waals surface area (Å²) in [6.45, 7) is 3.65. The quantitative estimate of drug-likeness (QED) is 0.657. The largest absolute Gasteiger partial charge is 0.324 e. The van der Waals surface area contributed by atoms with Gasteiger partial charge in [-0.1, -0.05) is 12.1 Å². The molecule has 0 bridgehead atoms. The monoisotopic (exact) mass is 153 g/mol. The number of rotatable bonds is 1. The minimum Gasteiger partial charge on any atom is -0.324 e. The molecule has 2 N–H and O–H groups in total. The van der Waals surface area contributed by atoms with Gasteiger partial charge in [0.2, 0.25) is 0 Å². The van der Waals surface area contributed by atoms with Crippen LogP contribution < -0.4 is 5.73 Å². The highest BCUT2D eigenvalue weighted by Gasteiger charge is 2.08. The number of aryl methyl sites for hydroxylation is 1. The maximum atomic E-state index is 13.0. The Balaban J connectivity index is 3.21. The summed E-state index contributed by atoms with van der Waals surface area (Å²) in [7, 11) is 0. The van der Waals surface area contributed by atoms with Gasteiger partial charge in [0.05, 0.1) is 0 Å². The third-order valence-electron chi connectivity index (χ3n) is 1.73. The molecule has 1 atom stereocenters. The van der Waals surface area contributed by atoms with Crippen LogP contribution in [-0.4, -0.2) is 0 Å². The van der Waals surface area contributed by atoms with Crippen molar-refractivity contribution in [1.29, 1.82) is 0 Å². The molecule has 0 aromatic heterocycles. The molecule has 0 aliphatic heterocycles. The van der Waals surface area contributed by atoms with Crippen molar-refractivity contribution in [2.24, 2.45) is 5.73 Å². The molecule has 1 aromatic carbocycles. The molecule has 0 aliphatic rings. The first kappa shape index (κ1) is 8.21. The van der Waals surface area contributed by atoms with E-state index in [-0.39, 0.29) is 11.9 Å². The second kappa shape index (κ2) is 3.01. The summed E-state index contributed by atoms with van der Waals surface area (Å²) in [5.41, 5.74) is 7.11. The minimum atomic E-state index is -0.226. The minimum absolute atomic E-state index is 0.208. The normalized spacial score (nSPS) is 13.1. The molecule has 0 fully saturated rings. The Bertz CT molecular complexity index is 235. The first-order valence-electron chi connectivity index (χ1n) is 3.63. The number of benzene rings is 1. The fraction of sp³-hybridized carbons (Fsp3) is 0.333. The zero-order chi connectivity index (χ0) is 8.43. The molecule has 0 aliphatic carbocycles. The summed E-state index contributed by atoms with van der Waals surface area (Å²) in [5, 5.41) is 0. The number of hydrogen-bond acceptors (Lipinski definition) is 1. The predicted octanol–water partition coefficient (Wildman–Crippen LogP) is 2.15. The standard InChI is InChI=1S/C9H12FN/c1-6-4-3-5-8(10)9(6)7(2)11/h3-5,7H,11H2,1-2H3/t7-/m1/s1. The fourth-order valence-electron chi connectivity index (χ4n) is 1.22. The summed E-state index contributed by atoms with van der Waals surface area (Å²) in [6.07, 6.45) is 0. The molecule has 0 saturated heterocycles. The predicted molar refractivity (Wildman–Crippen MR) is 43.7 cm³/mol. The lowest BCUT2D eigenvalue weighted by Gasteiger charge is -2.09. The van der Waals surface area contributed by atoms with E-state index in [0.717, 1.165) is 5.56 Å². The van der Waals surface area contributed by atoms with Crippen molar-refractivity contribution in [1.82, 2.24) is 0 Å². The van der Waals surface area contributed by atoms with Crippen molar-refractivity contribution < 1.29 is 4.39 Å². The van der Waals surface area contributed by atoms with Crippen molar-refractivity contribution in [2.45, 2.75) is 19.9 Å². The van der Waals surface area contributed by atoms with Crippen molar-refractivity contribution in [3.8, 4) is 0 Å². The lowest BCUT2D eigenvalue weighted by Crippen LogP contribution is -2.09. The van der Waals surface area contributed by atoms with Crippen molar-refractivity contribution >= 4 is 0 Å². The average molecular weight is 153 g/mol. The van der Waals surface area contributed by atoms with Crippen LogP contribution in [0.15, 0.2) is 18.2 Å². The molecule has 0 spiro atoms. The van der Waals surface area contributed by atoms with E-state index >= 15 is 0 Å². The van der Waals surface area contributed by atoms with E-state index < -0.39 is 0 Å². The molecule has 0 saturated carbocycles. The van der Waals surface area contributed by atoms with Crippen LogP contribution in [0.25, 0.3) is 0 Å². The van der Waals surface area contributed by atoms with Crippen molar-refractivity contribution in [3.63, 3.8) is 0 Å². The van der Waals surface area contributed by atoms with Crippen LogP contribution in [0.2, 0.25) is 0 Å². The second-order valence-electron chi connectivity index (χ2n) is 2.76. The van der Waals surface area contributed by atoms with Crippen LogP contribution in [0.5, 0.6) is 0 Å². The van der Waals surface area contributed by atoms with Crippen LogP contribution in [0, 0.1) is 12.7 Å². The Morgan fingerprint density at radius 1 is 1.45 bits per heavy atom. The maximum absolute atomic E-state index is 13.0. The molecular weight excluding hydrogens is 141 g/mol. The second-order valence-corrected chi connectivity index (χ2v) is 2.76. The lowest BCUT2D eigenvalue weighted by molar-refractivity contribution is 0.591.